The summed E-state index contributed by atoms with van der Waals surface area (Å²) in [5.41, 5.74) is -1.40. The molecule has 4 rings (SSSR count). The molecule has 0 aliphatic rings. The molecule has 0 aliphatic heterocycles. The minimum Gasteiger partial charge on any atom is -0.403 e. The number of halogens is 7. The van der Waals surface area contributed by atoms with E-state index in [4.69, 9.17) is 0 Å². The number of hydrogen-bond acceptors (Lipinski definition) is 5. The van der Waals surface area contributed by atoms with E-state index in [0.717, 1.165) is 41.0 Å². The number of amides is 1. The van der Waals surface area contributed by atoms with Gasteiger partial charge < -0.3 is 20.1 Å². The lowest BCUT2D eigenvalue weighted by Gasteiger charge is -2.27. The summed E-state index contributed by atoms with van der Waals surface area (Å²) in [4.78, 5) is 28.7. The van der Waals surface area contributed by atoms with Crippen LogP contribution in [0.25, 0.3) is 16.9 Å². The highest BCUT2D eigenvalue weighted by atomic mass is 19.4. The summed E-state index contributed by atoms with van der Waals surface area (Å²) in [6, 6.07) is 4.12. The number of fused-ring (bicyclic) bond motifs is 1. The molecule has 2 aromatic heterocycles. The van der Waals surface area contributed by atoms with Gasteiger partial charge in [0.15, 0.2) is 17.4 Å². The minimum absolute atomic E-state index is 0.119. The molecule has 4 aromatic rings. The van der Waals surface area contributed by atoms with E-state index < -0.39 is 59.7 Å². The molecule has 15 heteroatoms. The van der Waals surface area contributed by atoms with Gasteiger partial charge in [-0.2, -0.15) is 0 Å². The van der Waals surface area contributed by atoms with Crippen LogP contribution in [0.1, 0.15) is 47.3 Å². The number of benzene rings is 2. The molecule has 0 bridgehead atoms. The first-order chi connectivity index (χ1) is 19.1. The number of aliphatic hydroxyl groups excluding tert-OH is 1. The topological polar surface area (TPSA) is 109 Å². The Morgan fingerprint density at radius 3 is 2.32 bits per heavy atom. The molecule has 0 radical (unpaired) electrons. The van der Waals surface area contributed by atoms with Crippen molar-refractivity contribution in [2.45, 2.75) is 38.1 Å². The van der Waals surface area contributed by atoms with Crippen molar-refractivity contribution in [3.63, 3.8) is 0 Å². The lowest BCUT2D eigenvalue weighted by atomic mass is 9.97. The molecule has 3 N–H and O–H groups in total. The van der Waals surface area contributed by atoms with Gasteiger partial charge in [0.1, 0.15) is 24.0 Å². The number of carbonyl (C=O) groups excluding carboxylic acids is 1. The van der Waals surface area contributed by atoms with E-state index in [9.17, 15) is 45.4 Å². The Morgan fingerprint density at radius 2 is 1.76 bits per heavy atom. The monoisotopic (exact) mass is 586 g/mol. The number of rotatable bonds is 8. The second kappa shape index (κ2) is 10.9. The minimum atomic E-state index is -5.14. The van der Waals surface area contributed by atoms with E-state index in [1.165, 1.54) is 0 Å². The lowest BCUT2D eigenvalue weighted by molar-refractivity contribution is -0.275. The van der Waals surface area contributed by atoms with Crippen molar-refractivity contribution >= 4 is 11.4 Å². The summed E-state index contributed by atoms with van der Waals surface area (Å²) in [6.45, 7) is 1.60. The molecule has 218 valence electrons. The molecule has 0 aliphatic carbocycles. The molecule has 41 heavy (non-hydrogen) atoms. The number of nitrogens with zero attached hydrogens (tertiary/aromatic N) is 2. The quantitative estimate of drug-likeness (QED) is 0.250. The molecule has 0 spiro atoms. The number of nitrogens with one attached hydrogen (secondary N) is 2. The predicted octanol–water partition coefficient (Wildman–Crippen LogP) is 5.09. The van der Waals surface area contributed by atoms with E-state index in [-0.39, 0.29) is 33.6 Å². The van der Waals surface area contributed by atoms with Crippen LogP contribution in [0, 0.1) is 11.6 Å². The van der Waals surface area contributed by atoms with E-state index in [2.05, 4.69) is 20.1 Å². The SMILES string of the molecule is CC(C)c1c(C(=O)NC(c2ccc(F)cc2)C(F)(F)CO)cn2nc(-c3ccc(OC(F)(F)F)c(F)c3)[nH]c(=O)c12. The first-order valence-corrected chi connectivity index (χ1v) is 11.9. The lowest BCUT2D eigenvalue weighted by Crippen LogP contribution is -2.43. The third-order valence-electron chi connectivity index (χ3n) is 6.05. The number of aromatic amines is 1. The van der Waals surface area contributed by atoms with Crippen LogP contribution in [0.3, 0.4) is 0 Å². The number of alkyl halides is 5. The molecule has 0 fully saturated rings. The predicted molar refractivity (Wildman–Crippen MR) is 131 cm³/mol. The Hall–Kier alpha value is -4.40. The van der Waals surface area contributed by atoms with Crippen LogP contribution in [0.15, 0.2) is 53.5 Å². The zero-order valence-corrected chi connectivity index (χ0v) is 21.2. The standard InChI is InChI=1S/C26H21F7N4O4/c1-12(2)19-16(23(39)34-21(25(29,30)11-38)13-3-6-15(27)7-4-13)10-37-20(19)24(40)35-22(36-37)14-5-8-18(17(28)9-14)41-26(31,32)33/h3-10,12,21,38H,11H2,1-2H3,(H,34,39)(H,35,36,40). The summed E-state index contributed by atoms with van der Waals surface area (Å²) in [6.07, 6.45) is -4.06. The fourth-order valence-corrected chi connectivity index (χ4v) is 4.25. The maximum absolute atomic E-state index is 14.7. The Bertz CT molecular complexity index is 1650. The zero-order valence-electron chi connectivity index (χ0n) is 21.2. The zero-order chi connectivity index (χ0) is 30.3. The molecule has 1 atom stereocenters. The smallest absolute Gasteiger partial charge is 0.403 e. The van der Waals surface area contributed by atoms with Crippen LogP contribution in [-0.2, 0) is 0 Å². The van der Waals surface area contributed by atoms with Gasteiger partial charge in [-0.25, -0.2) is 22.1 Å². The molecular formula is C26H21F7N4O4. The third-order valence-corrected chi connectivity index (χ3v) is 6.05. The number of aliphatic hydroxyl groups is 1. The van der Waals surface area contributed by atoms with Crippen molar-refractivity contribution in [3.8, 4) is 17.1 Å². The first-order valence-electron chi connectivity index (χ1n) is 11.9. The van der Waals surface area contributed by atoms with Gasteiger partial charge in [-0.3, -0.25) is 9.59 Å². The summed E-state index contributed by atoms with van der Waals surface area (Å²) in [7, 11) is 0. The second-order valence-electron chi connectivity index (χ2n) is 9.28. The van der Waals surface area contributed by atoms with Crippen LogP contribution >= 0.6 is 0 Å². The van der Waals surface area contributed by atoms with Crippen LogP contribution in [0.2, 0.25) is 0 Å². The molecular weight excluding hydrogens is 565 g/mol. The largest absolute Gasteiger partial charge is 0.573 e. The molecule has 0 saturated carbocycles. The molecule has 8 nitrogen and oxygen atoms in total. The number of carbonyl (C=O) groups is 1. The van der Waals surface area contributed by atoms with E-state index in [1.54, 1.807) is 13.8 Å². The average Bonchev–Trinajstić information content (AvgIpc) is 3.29. The Labute approximate surface area is 226 Å². The Morgan fingerprint density at radius 1 is 1.10 bits per heavy atom. The summed E-state index contributed by atoms with van der Waals surface area (Å²) in [5, 5.41) is 15.5. The number of ether oxygens (including phenoxy) is 1. The van der Waals surface area contributed by atoms with Gasteiger partial charge in [0.05, 0.1) is 5.56 Å². The van der Waals surface area contributed by atoms with Gasteiger partial charge in [-0.05, 0) is 41.8 Å². The number of hydrogen-bond donors (Lipinski definition) is 3. The van der Waals surface area contributed by atoms with Crippen LogP contribution in [-0.4, -0.2) is 44.5 Å². The van der Waals surface area contributed by atoms with Gasteiger partial charge in [0, 0.05) is 17.3 Å². The van der Waals surface area contributed by atoms with Crippen LogP contribution in [0.5, 0.6) is 5.75 Å². The molecule has 0 saturated heterocycles. The molecule has 1 unspecified atom stereocenters. The van der Waals surface area contributed by atoms with Gasteiger partial charge in [0.2, 0.25) is 0 Å². The summed E-state index contributed by atoms with van der Waals surface area (Å²) < 4.78 is 98.9. The fraction of sp³-hybridized carbons (Fsp3) is 0.269. The maximum atomic E-state index is 14.7. The number of H-pyrrole nitrogens is 1. The van der Waals surface area contributed by atoms with Crippen molar-refractivity contribution in [1.29, 1.82) is 0 Å². The third kappa shape index (κ3) is 6.19. The highest BCUT2D eigenvalue weighted by molar-refractivity contribution is 5.98. The van der Waals surface area contributed by atoms with Crippen molar-refractivity contribution < 1.29 is 45.4 Å². The Balaban J connectivity index is 1.77. The van der Waals surface area contributed by atoms with Gasteiger partial charge in [-0.1, -0.05) is 26.0 Å². The van der Waals surface area contributed by atoms with Gasteiger partial charge in [-0.15, -0.1) is 18.3 Å². The van der Waals surface area contributed by atoms with Crippen molar-refractivity contribution in [3.05, 3.63) is 87.3 Å². The van der Waals surface area contributed by atoms with Crippen LogP contribution < -0.4 is 15.6 Å². The van der Waals surface area contributed by atoms with Gasteiger partial charge in [0.25, 0.3) is 17.4 Å². The Kier molecular flexibility index (Phi) is 7.85. The van der Waals surface area contributed by atoms with Crippen LogP contribution in [0.4, 0.5) is 30.7 Å². The molecule has 1 amide bonds. The van der Waals surface area contributed by atoms with E-state index >= 15 is 0 Å². The van der Waals surface area contributed by atoms with Crippen molar-refractivity contribution in [1.82, 2.24) is 19.9 Å². The van der Waals surface area contributed by atoms with Crippen molar-refractivity contribution in [2.24, 2.45) is 0 Å². The highest BCUT2D eigenvalue weighted by Crippen LogP contribution is 2.33. The average molecular weight is 586 g/mol. The van der Waals surface area contributed by atoms with Gasteiger partial charge >= 0.3 is 6.36 Å². The second-order valence-corrected chi connectivity index (χ2v) is 9.28. The normalized spacial score (nSPS) is 13.0. The number of aromatic nitrogens is 3. The highest BCUT2D eigenvalue weighted by Gasteiger charge is 2.42. The maximum Gasteiger partial charge on any atom is 0.573 e. The molecule has 2 aromatic carbocycles. The van der Waals surface area contributed by atoms with Crippen molar-refractivity contribution in [2.75, 3.05) is 6.61 Å². The van der Waals surface area contributed by atoms with E-state index in [0.29, 0.717) is 12.1 Å². The fourth-order valence-electron chi connectivity index (χ4n) is 4.25. The summed E-state index contributed by atoms with van der Waals surface area (Å²) in [5.74, 6) is -8.95. The first kappa shape index (κ1) is 29.6. The summed E-state index contributed by atoms with van der Waals surface area (Å²) >= 11 is 0. The van der Waals surface area contributed by atoms with E-state index in [1.807, 2.05) is 0 Å². The molecule has 2 heterocycles.